The van der Waals surface area contributed by atoms with Crippen molar-refractivity contribution in [2.75, 3.05) is 13.6 Å². The monoisotopic (exact) mass is 406 g/mol. The van der Waals surface area contributed by atoms with Crippen LogP contribution in [0.15, 0.2) is 74.8 Å². The van der Waals surface area contributed by atoms with E-state index in [9.17, 15) is 17.6 Å². The molecule has 0 unspecified atom stereocenters. The highest BCUT2D eigenvalue weighted by atomic mass is 32.2. The fourth-order valence-corrected chi connectivity index (χ4v) is 3.70. The van der Waals surface area contributed by atoms with Crippen molar-refractivity contribution in [2.24, 2.45) is 0 Å². The van der Waals surface area contributed by atoms with Crippen LogP contribution in [0.5, 0.6) is 0 Å². The molecular formula is C19H19FN2O5S. The molecule has 0 radical (unpaired) electrons. The zero-order valence-electron chi connectivity index (χ0n) is 15.1. The predicted molar refractivity (Wildman–Crippen MR) is 97.9 cm³/mol. The van der Waals surface area contributed by atoms with Crippen molar-refractivity contribution in [1.29, 1.82) is 0 Å². The average molecular weight is 406 g/mol. The minimum absolute atomic E-state index is 0.0900. The van der Waals surface area contributed by atoms with Crippen LogP contribution in [0.25, 0.3) is 0 Å². The van der Waals surface area contributed by atoms with E-state index in [1.807, 2.05) is 0 Å². The minimum Gasteiger partial charge on any atom is -0.467 e. The maximum Gasteiger partial charge on any atom is 0.243 e. The van der Waals surface area contributed by atoms with Gasteiger partial charge in [0.25, 0.3) is 0 Å². The standard InChI is InChI=1S/C19H19FN2O5S/c1-21(28(24,25)18-8-6-15(20)7-9-18)14-19(23)22(12-16-4-2-10-26-16)13-17-5-3-11-27-17/h2-11H,12-14H2,1H3. The fourth-order valence-electron chi connectivity index (χ4n) is 2.58. The number of hydrogen-bond acceptors (Lipinski definition) is 5. The summed E-state index contributed by atoms with van der Waals surface area (Å²) in [6, 6.07) is 11.3. The summed E-state index contributed by atoms with van der Waals surface area (Å²) in [5.74, 6) is 0.148. The van der Waals surface area contributed by atoms with Crippen LogP contribution in [0, 0.1) is 5.82 Å². The van der Waals surface area contributed by atoms with Crippen molar-refractivity contribution in [1.82, 2.24) is 9.21 Å². The molecule has 148 valence electrons. The van der Waals surface area contributed by atoms with E-state index in [4.69, 9.17) is 8.83 Å². The van der Waals surface area contributed by atoms with E-state index in [1.165, 1.54) is 24.5 Å². The molecule has 0 aliphatic rings. The van der Waals surface area contributed by atoms with Gasteiger partial charge in [-0.05, 0) is 48.5 Å². The first-order valence-electron chi connectivity index (χ1n) is 8.41. The molecule has 1 aromatic carbocycles. The summed E-state index contributed by atoms with van der Waals surface area (Å²) in [4.78, 5) is 14.2. The number of furan rings is 2. The van der Waals surface area contributed by atoms with Gasteiger partial charge in [0.15, 0.2) is 0 Å². The number of likely N-dealkylation sites (N-methyl/N-ethyl adjacent to an activating group) is 1. The SMILES string of the molecule is CN(CC(=O)N(Cc1ccco1)Cc1ccco1)S(=O)(=O)c1ccc(F)cc1. The Morgan fingerprint density at radius 2 is 1.50 bits per heavy atom. The molecule has 0 saturated carbocycles. The third-order valence-electron chi connectivity index (χ3n) is 4.09. The highest BCUT2D eigenvalue weighted by Gasteiger charge is 2.26. The van der Waals surface area contributed by atoms with E-state index >= 15 is 0 Å². The quantitative estimate of drug-likeness (QED) is 0.574. The lowest BCUT2D eigenvalue weighted by Gasteiger charge is -2.24. The van der Waals surface area contributed by atoms with E-state index in [0.29, 0.717) is 11.5 Å². The van der Waals surface area contributed by atoms with Crippen molar-refractivity contribution < 1.29 is 26.4 Å². The van der Waals surface area contributed by atoms with Crippen molar-refractivity contribution in [3.8, 4) is 0 Å². The van der Waals surface area contributed by atoms with Crippen LogP contribution in [-0.2, 0) is 27.9 Å². The van der Waals surface area contributed by atoms with E-state index in [-0.39, 0.29) is 24.5 Å². The number of carbonyl (C=O) groups is 1. The second-order valence-electron chi connectivity index (χ2n) is 6.12. The highest BCUT2D eigenvalue weighted by Crippen LogP contribution is 2.16. The predicted octanol–water partition coefficient (Wildman–Crippen LogP) is 2.86. The summed E-state index contributed by atoms with van der Waals surface area (Å²) in [5, 5.41) is 0. The summed E-state index contributed by atoms with van der Waals surface area (Å²) in [5.41, 5.74) is 0. The maximum absolute atomic E-state index is 13.1. The number of benzene rings is 1. The Hall–Kier alpha value is -2.91. The Balaban J connectivity index is 1.75. The topological polar surface area (TPSA) is 84.0 Å². The molecule has 0 fully saturated rings. The van der Waals surface area contributed by atoms with Crippen LogP contribution < -0.4 is 0 Å². The van der Waals surface area contributed by atoms with Gasteiger partial charge in [-0.15, -0.1) is 0 Å². The van der Waals surface area contributed by atoms with Gasteiger partial charge in [-0.1, -0.05) is 0 Å². The smallest absolute Gasteiger partial charge is 0.243 e. The molecule has 0 spiro atoms. The van der Waals surface area contributed by atoms with Crippen LogP contribution in [0.2, 0.25) is 0 Å². The lowest BCUT2D eigenvalue weighted by atomic mass is 10.3. The Bertz CT molecular complexity index is 963. The normalized spacial score (nSPS) is 11.7. The molecule has 3 aromatic rings. The molecule has 0 aliphatic heterocycles. The summed E-state index contributed by atoms with van der Waals surface area (Å²) in [7, 11) is -2.64. The number of hydrogen-bond donors (Lipinski definition) is 0. The van der Waals surface area contributed by atoms with Gasteiger partial charge in [-0.2, -0.15) is 4.31 Å². The highest BCUT2D eigenvalue weighted by molar-refractivity contribution is 7.89. The number of carbonyl (C=O) groups excluding carboxylic acids is 1. The third-order valence-corrected chi connectivity index (χ3v) is 5.90. The average Bonchev–Trinajstić information content (AvgIpc) is 3.35. The van der Waals surface area contributed by atoms with Crippen LogP contribution in [0.1, 0.15) is 11.5 Å². The Morgan fingerprint density at radius 3 is 1.96 bits per heavy atom. The van der Waals surface area contributed by atoms with Gasteiger partial charge in [0.2, 0.25) is 15.9 Å². The molecule has 3 rings (SSSR count). The first-order chi connectivity index (χ1) is 13.4. The molecule has 0 atom stereocenters. The molecule has 2 aromatic heterocycles. The number of amides is 1. The molecular weight excluding hydrogens is 387 g/mol. The molecule has 1 amide bonds. The Kier molecular flexibility index (Phi) is 5.96. The molecule has 0 aliphatic carbocycles. The molecule has 2 heterocycles. The van der Waals surface area contributed by atoms with Crippen LogP contribution >= 0.6 is 0 Å². The van der Waals surface area contributed by atoms with Gasteiger partial charge < -0.3 is 13.7 Å². The van der Waals surface area contributed by atoms with Gasteiger partial charge in [0, 0.05) is 7.05 Å². The van der Waals surface area contributed by atoms with Crippen molar-refractivity contribution in [3.05, 3.63) is 78.4 Å². The number of nitrogens with zero attached hydrogens (tertiary/aromatic N) is 2. The summed E-state index contributed by atoms with van der Waals surface area (Å²) in [6.45, 7) is -0.0605. The third kappa shape index (κ3) is 4.68. The largest absolute Gasteiger partial charge is 0.467 e. The van der Waals surface area contributed by atoms with Gasteiger partial charge in [0.1, 0.15) is 17.3 Å². The summed E-state index contributed by atoms with van der Waals surface area (Å²) in [6.07, 6.45) is 2.99. The lowest BCUT2D eigenvalue weighted by molar-refractivity contribution is -0.133. The van der Waals surface area contributed by atoms with Crippen LogP contribution in [0.3, 0.4) is 0 Å². The fraction of sp³-hybridized carbons (Fsp3) is 0.211. The van der Waals surface area contributed by atoms with Crippen molar-refractivity contribution >= 4 is 15.9 Å². The number of halogens is 1. The first kappa shape index (κ1) is 19.8. The molecule has 0 bridgehead atoms. The molecule has 9 heteroatoms. The van der Waals surface area contributed by atoms with E-state index < -0.39 is 21.7 Å². The van der Waals surface area contributed by atoms with E-state index in [2.05, 4.69) is 0 Å². The maximum atomic E-state index is 13.1. The van der Waals surface area contributed by atoms with E-state index in [1.54, 1.807) is 24.3 Å². The zero-order valence-corrected chi connectivity index (χ0v) is 15.9. The molecule has 28 heavy (non-hydrogen) atoms. The summed E-state index contributed by atoms with van der Waals surface area (Å²) < 4.78 is 49.8. The van der Waals surface area contributed by atoms with Gasteiger partial charge in [0.05, 0.1) is 37.1 Å². The number of sulfonamides is 1. The Labute approximate surface area is 162 Å². The van der Waals surface area contributed by atoms with Crippen LogP contribution in [0.4, 0.5) is 4.39 Å². The summed E-state index contributed by atoms with van der Waals surface area (Å²) >= 11 is 0. The van der Waals surface area contributed by atoms with Crippen molar-refractivity contribution in [3.63, 3.8) is 0 Å². The van der Waals surface area contributed by atoms with Gasteiger partial charge in [-0.25, -0.2) is 12.8 Å². The molecule has 0 N–H and O–H groups in total. The number of rotatable bonds is 8. The van der Waals surface area contributed by atoms with Gasteiger partial charge >= 0.3 is 0 Å². The minimum atomic E-state index is -3.94. The second-order valence-corrected chi connectivity index (χ2v) is 8.17. The van der Waals surface area contributed by atoms with Crippen LogP contribution in [-0.4, -0.2) is 37.1 Å². The molecule has 0 saturated heterocycles. The lowest BCUT2D eigenvalue weighted by Crippen LogP contribution is -2.40. The van der Waals surface area contributed by atoms with Crippen molar-refractivity contribution in [2.45, 2.75) is 18.0 Å². The second kappa shape index (κ2) is 8.41. The van der Waals surface area contributed by atoms with E-state index in [0.717, 1.165) is 28.6 Å². The molecule has 7 nitrogen and oxygen atoms in total. The Morgan fingerprint density at radius 1 is 0.964 bits per heavy atom. The zero-order chi connectivity index (χ0) is 20.1. The first-order valence-corrected chi connectivity index (χ1v) is 9.85. The van der Waals surface area contributed by atoms with Gasteiger partial charge in [-0.3, -0.25) is 4.79 Å².